The van der Waals surface area contributed by atoms with Crippen molar-refractivity contribution in [2.75, 3.05) is 24.7 Å². The third-order valence-electron chi connectivity index (χ3n) is 5.60. The molecule has 0 aliphatic carbocycles. The topological polar surface area (TPSA) is 49.8 Å². The molecule has 0 heterocycles. The van der Waals surface area contributed by atoms with Crippen LogP contribution in [0.3, 0.4) is 0 Å². The van der Waals surface area contributed by atoms with Gasteiger partial charge in [0.05, 0.1) is 6.61 Å². The molecule has 0 fully saturated rings. The summed E-state index contributed by atoms with van der Waals surface area (Å²) in [7, 11) is 0. The average molecular weight is 444 g/mol. The quantitative estimate of drug-likeness (QED) is 0.390. The lowest BCUT2D eigenvalue weighted by Gasteiger charge is -2.22. The lowest BCUT2D eigenvalue weighted by atomic mass is 9.88. The van der Waals surface area contributed by atoms with Crippen LogP contribution in [0.25, 0.3) is 5.57 Å². The molecule has 0 spiro atoms. The number of carbonyl (C=O) groups is 1. The number of amides is 1. The minimum absolute atomic E-state index is 0.0221. The maximum Gasteiger partial charge on any atom is 0.414 e. The molecular formula is C29H33NO3. The van der Waals surface area contributed by atoms with Crippen molar-refractivity contribution in [3.63, 3.8) is 0 Å². The molecule has 0 radical (unpaired) electrons. The third kappa shape index (κ3) is 6.56. The van der Waals surface area contributed by atoms with E-state index in [9.17, 15) is 9.90 Å². The summed E-state index contributed by atoms with van der Waals surface area (Å²) in [4.78, 5) is 14.0. The van der Waals surface area contributed by atoms with E-state index in [-0.39, 0.29) is 6.61 Å². The van der Waals surface area contributed by atoms with E-state index in [1.807, 2.05) is 24.3 Å². The number of anilines is 1. The monoisotopic (exact) mass is 443 g/mol. The zero-order valence-corrected chi connectivity index (χ0v) is 19.5. The minimum atomic E-state index is -0.393. The van der Waals surface area contributed by atoms with E-state index < -0.39 is 6.09 Å². The molecule has 0 aliphatic heterocycles. The summed E-state index contributed by atoms with van der Waals surface area (Å²) in [6.07, 6.45) is 1.92. The molecular weight excluding hydrogens is 410 g/mol. The van der Waals surface area contributed by atoms with Crippen molar-refractivity contribution >= 4 is 17.4 Å². The zero-order valence-electron chi connectivity index (χ0n) is 19.5. The van der Waals surface area contributed by atoms with Crippen LogP contribution in [0, 0.1) is 0 Å². The predicted octanol–water partition coefficient (Wildman–Crippen LogP) is 6.49. The van der Waals surface area contributed by atoms with Gasteiger partial charge in [0.1, 0.15) is 0 Å². The van der Waals surface area contributed by atoms with Crippen molar-refractivity contribution < 1.29 is 14.6 Å². The molecule has 3 aromatic rings. The number of carbonyl (C=O) groups excluding carboxylic acids is 1. The molecule has 3 aromatic carbocycles. The minimum Gasteiger partial charge on any atom is -0.449 e. The van der Waals surface area contributed by atoms with Gasteiger partial charge in [0.2, 0.25) is 0 Å². The number of allylic oxidation sites excluding steroid dienone is 1. The van der Waals surface area contributed by atoms with Gasteiger partial charge in [-0.15, -0.1) is 0 Å². The lowest BCUT2D eigenvalue weighted by molar-refractivity contribution is 0.159. The average Bonchev–Trinajstić information content (AvgIpc) is 2.86. The van der Waals surface area contributed by atoms with E-state index in [1.165, 1.54) is 22.3 Å². The van der Waals surface area contributed by atoms with Crippen LogP contribution in [0.4, 0.5) is 10.5 Å². The van der Waals surface area contributed by atoms with Crippen LogP contribution in [0.5, 0.6) is 0 Å². The van der Waals surface area contributed by atoms with Crippen molar-refractivity contribution in [1.29, 1.82) is 0 Å². The van der Waals surface area contributed by atoms with Crippen molar-refractivity contribution in [3.05, 3.63) is 107 Å². The van der Waals surface area contributed by atoms with Gasteiger partial charge in [-0.2, -0.15) is 0 Å². The summed E-state index contributed by atoms with van der Waals surface area (Å²) in [5.41, 5.74) is 6.94. The van der Waals surface area contributed by atoms with Crippen molar-refractivity contribution in [3.8, 4) is 0 Å². The molecule has 4 nitrogen and oxygen atoms in total. The van der Waals surface area contributed by atoms with Gasteiger partial charge in [-0.25, -0.2) is 4.79 Å². The molecule has 0 aromatic heterocycles. The van der Waals surface area contributed by atoms with Gasteiger partial charge in [0.25, 0.3) is 0 Å². The molecule has 1 N–H and O–H groups in total. The Bertz CT molecular complexity index is 1030. The number of aliphatic hydroxyl groups excluding tert-OH is 1. The highest BCUT2D eigenvalue weighted by Crippen LogP contribution is 2.32. The fourth-order valence-electron chi connectivity index (χ4n) is 3.98. The molecule has 0 aliphatic rings. The standard InChI is InChI=1S/C29H33NO3/c1-3-24(22-23-12-7-5-8-13-23)28(25-14-9-6-10-15-25)26-16-18-27(19-17-26)30(20-11-21-31)29(32)33-4-2/h5-10,12-19,31H,3-4,11,20-22H2,1-2H3. The van der Waals surface area contributed by atoms with Crippen LogP contribution in [0.1, 0.15) is 43.4 Å². The predicted molar refractivity (Wildman–Crippen MR) is 135 cm³/mol. The van der Waals surface area contributed by atoms with Crippen LogP contribution in [0.15, 0.2) is 90.5 Å². The lowest BCUT2D eigenvalue weighted by Crippen LogP contribution is -2.33. The first-order chi connectivity index (χ1) is 16.2. The molecule has 0 saturated heterocycles. The Morgan fingerprint density at radius 3 is 2.03 bits per heavy atom. The van der Waals surface area contributed by atoms with Crippen LogP contribution < -0.4 is 4.90 Å². The largest absolute Gasteiger partial charge is 0.449 e. The molecule has 0 atom stereocenters. The van der Waals surface area contributed by atoms with Gasteiger partial charge in [0.15, 0.2) is 0 Å². The van der Waals surface area contributed by atoms with Crippen molar-refractivity contribution in [2.45, 2.75) is 33.1 Å². The molecule has 172 valence electrons. The van der Waals surface area contributed by atoms with E-state index in [0.717, 1.165) is 24.1 Å². The summed E-state index contributed by atoms with van der Waals surface area (Å²) in [6.45, 7) is 4.74. The smallest absolute Gasteiger partial charge is 0.414 e. The summed E-state index contributed by atoms with van der Waals surface area (Å²) < 4.78 is 5.22. The first-order valence-electron chi connectivity index (χ1n) is 11.6. The number of aliphatic hydroxyl groups is 1. The molecule has 0 bridgehead atoms. The van der Waals surface area contributed by atoms with E-state index in [4.69, 9.17) is 4.74 Å². The second-order valence-electron chi connectivity index (χ2n) is 7.84. The van der Waals surface area contributed by atoms with Crippen LogP contribution in [0.2, 0.25) is 0 Å². The van der Waals surface area contributed by atoms with Crippen molar-refractivity contribution in [1.82, 2.24) is 0 Å². The highest BCUT2D eigenvalue weighted by atomic mass is 16.6. The third-order valence-corrected chi connectivity index (χ3v) is 5.60. The molecule has 4 heteroatoms. The molecule has 3 rings (SSSR count). The number of nitrogens with zero attached hydrogens (tertiary/aromatic N) is 1. The van der Waals surface area contributed by atoms with Gasteiger partial charge in [-0.1, -0.05) is 85.3 Å². The van der Waals surface area contributed by atoms with E-state index in [2.05, 4.69) is 67.6 Å². The van der Waals surface area contributed by atoms with Gasteiger partial charge in [-0.3, -0.25) is 4.90 Å². The molecule has 0 saturated carbocycles. The van der Waals surface area contributed by atoms with Gasteiger partial charge < -0.3 is 9.84 Å². The maximum absolute atomic E-state index is 12.5. The van der Waals surface area contributed by atoms with Crippen molar-refractivity contribution in [2.24, 2.45) is 0 Å². The first kappa shape index (κ1) is 24.3. The van der Waals surface area contributed by atoms with E-state index in [0.29, 0.717) is 19.6 Å². The Labute approximate surface area is 197 Å². The van der Waals surface area contributed by atoms with Gasteiger partial charge in [-0.05, 0) is 60.6 Å². The summed E-state index contributed by atoms with van der Waals surface area (Å²) in [5.74, 6) is 0. The van der Waals surface area contributed by atoms with Gasteiger partial charge >= 0.3 is 6.09 Å². The normalized spacial score (nSPS) is 11.6. The Balaban J connectivity index is 2.01. The zero-order chi connectivity index (χ0) is 23.5. The molecule has 1 amide bonds. The molecule has 33 heavy (non-hydrogen) atoms. The Hall–Kier alpha value is -3.37. The Kier molecular flexibility index (Phi) is 9.28. The highest BCUT2D eigenvalue weighted by molar-refractivity contribution is 5.89. The van der Waals surface area contributed by atoms with Crippen LogP contribution >= 0.6 is 0 Å². The van der Waals surface area contributed by atoms with E-state index >= 15 is 0 Å². The Morgan fingerprint density at radius 1 is 0.848 bits per heavy atom. The molecule has 0 unspecified atom stereocenters. The second-order valence-corrected chi connectivity index (χ2v) is 7.84. The number of ether oxygens (including phenoxy) is 1. The van der Waals surface area contributed by atoms with E-state index in [1.54, 1.807) is 11.8 Å². The fourth-order valence-corrected chi connectivity index (χ4v) is 3.98. The number of hydrogen-bond donors (Lipinski definition) is 1. The summed E-state index contributed by atoms with van der Waals surface area (Å²) in [5, 5.41) is 9.24. The number of hydrogen-bond acceptors (Lipinski definition) is 3. The summed E-state index contributed by atoms with van der Waals surface area (Å²) >= 11 is 0. The number of rotatable bonds is 10. The second kappa shape index (κ2) is 12.6. The maximum atomic E-state index is 12.5. The highest BCUT2D eigenvalue weighted by Gasteiger charge is 2.18. The summed E-state index contributed by atoms with van der Waals surface area (Å²) in [6, 6.07) is 29.1. The Morgan fingerprint density at radius 2 is 1.45 bits per heavy atom. The fraction of sp³-hybridized carbons (Fsp3) is 0.276. The SMILES string of the molecule is CCOC(=O)N(CCCO)c1ccc(C(=C(CC)Cc2ccccc2)c2ccccc2)cc1. The van der Waals surface area contributed by atoms with Gasteiger partial charge in [0, 0.05) is 18.8 Å². The first-order valence-corrected chi connectivity index (χ1v) is 11.6. The van der Waals surface area contributed by atoms with Crippen LogP contribution in [-0.4, -0.2) is 31.0 Å². The van der Waals surface area contributed by atoms with Crippen LogP contribution in [-0.2, 0) is 11.2 Å². The number of benzene rings is 3.